The van der Waals surface area contributed by atoms with Crippen molar-refractivity contribution in [3.8, 4) is 0 Å². The molecule has 0 aromatic heterocycles. The zero-order chi connectivity index (χ0) is 19.1. The highest BCUT2D eigenvalue weighted by Gasteiger charge is 2.22. The van der Waals surface area contributed by atoms with Crippen LogP contribution in [0.15, 0.2) is 29.3 Å². The van der Waals surface area contributed by atoms with E-state index >= 15 is 0 Å². The lowest BCUT2D eigenvalue weighted by atomic mass is 10.00. The molecule has 3 rings (SSSR count). The molecular formula is C21H32N4O2. The number of hydrogen-bond donors (Lipinski definition) is 1. The average molecular weight is 373 g/mol. The fourth-order valence-corrected chi connectivity index (χ4v) is 3.26. The van der Waals surface area contributed by atoms with Crippen LogP contribution < -0.4 is 5.32 Å². The van der Waals surface area contributed by atoms with Gasteiger partial charge in [0.1, 0.15) is 6.54 Å². The fourth-order valence-electron chi connectivity index (χ4n) is 3.26. The zero-order valence-electron chi connectivity index (χ0n) is 16.6. The molecule has 6 nitrogen and oxygen atoms in total. The topological polar surface area (TPSA) is 57.2 Å². The Morgan fingerprint density at radius 3 is 2.85 bits per heavy atom. The predicted octanol–water partition coefficient (Wildman–Crippen LogP) is 1.90. The first-order valence-electron chi connectivity index (χ1n) is 10.1. The van der Waals surface area contributed by atoms with E-state index in [1.54, 1.807) is 0 Å². The lowest BCUT2D eigenvalue weighted by Crippen LogP contribution is -2.42. The van der Waals surface area contributed by atoms with Crippen LogP contribution in [0, 0.1) is 5.92 Å². The van der Waals surface area contributed by atoms with Crippen LogP contribution in [0.3, 0.4) is 0 Å². The number of hydrogen-bond acceptors (Lipinski definition) is 3. The highest BCUT2D eigenvalue weighted by molar-refractivity contribution is 5.85. The second-order valence-corrected chi connectivity index (χ2v) is 7.44. The minimum atomic E-state index is 0.0817. The number of guanidine groups is 1. The number of carbonyl (C=O) groups is 1. The predicted molar refractivity (Wildman–Crippen MR) is 108 cm³/mol. The molecule has 148 valence electrons. The lowest BCUT2D eigenvalue weighted by molar-refractivity contribution is -0.130. The van der Waals surface area contributed by atoms with Crippen molar-refractivity contribution < 1.29 is 9.53 Å². The Morgan fingerprint density at radius 2 is 2.11 bits per heavy atom. The summed E-state index contributed by atoms with van der Waals surface area (Å²) in [7, 11) is 1.99. The standard InChI is InChI=1S/C21H32N4O2/c1-3-22-21(24(2)12-13-27-16-17-8-9-17)23-14-20(26)25-11-10-18-6-4-5-7-19(18)15-25/h4-7,17H,3,8-16H2,1-2H3,(H,22,23). The molecule has 1 aliphatic heterocycles. The quantitative estimate of drug-likeness (QED) is 0.430. The van der Waals surface area contributed by atoms with Gasteiger partial charge in [0.15, 0.2) is 5.96 Å². The van der Waals surface area contributed by atoms with Crippen molar-refractivity contribution in [1.29, 1.82) is 0 Å². The number of nitrogens with zero attached hydrogens (tertiary/aromatic N) is 3. The van der Waals surface area contributed by atoms with E-state index in [-0.39, 0.29) is 12.5 Å². The van der Waals surface area contributed by atoms with E-state index in [1.165, 1.54) is 24.0 Å². The first-order valence-corrected chi connectivity index (χ1v) is 10.1. The number of aliphatic imine (C=N–C) groups is 1. The van der Waals surface area contributed by atoms with Crippen molar-refractivity contribution in [1.82, 2.24) is 15.1 Å². The molecule has 0 unspecified atom stereocenters. The van der Waals surface area contributed by atoms with Crippen molar-refractivity contribution >= 4 is 11.9 Å². The van der Waals surface area contributed by atoms with Crippen LogP contribution in [0.2, 0.25) is 0 Å². The maximum atomic E-state index is 12.6. The third-order valence-electron chi connectivity index (χ3n) is 5.17. The summed E-state index contributed by atoms with van der Waals surface area (Å²) >= 11 is 0. The normalized spacial score (nSPS) is 16.8. The van der Waals surface area contributed by atoms with Gasteiger partial charge in [0.05, 0.1) is 6.61 Å². The second-order valence-electron chi connectivity index (χ2n) is 7.44. The molecule has 0 radical (unpaired) electrons. The van der Waals surface area contributed by atoms with Gasteiger partial charge < -0.3 is 19.9 Å². The van der Waals surface area contributed by atoms with Gasteiger partial charge >= 0.3 is 0 Å². The maximum Gasteiger partial charge on any atom is 0.244 e. The van der Waals surface area contributed by atoms with Crippen LogP contribution in [-0.2, 0) is 22.5 Å². The molecule has 1 amide bonds. The fraction of sp³-hybridized carbons (Fsp3) is 0.619. The van der Waals surface area contributed by atoms with E-state index < -0.39 is 0 Å². The van der Waals surface area contributed by atoms with Gasteiger partial charge in [0, 0.05) is 39.8 Å². The van der Waals surface area contributed by atoms with Gasteiger partial charge in [-0.15, -0.1) is 0 Å². The second kappa shape index (κ2) is 9.74. The molecule has 1 N–H and O–H groups in total. The Labute approximate surface area is 162 Å². The summed E-state index contributed by atoms with van der Waals surface area (Å²) in [6, 6.07) is 8.36. The van der Waals surface area contributed by atoms with Crippen molar-refractivity contribution in [3.63, 3.8) is 0 Å². The number of benzene rings is 1. The smallest absolute Gasteiger partial charge is 0.244 e. The zero-order valence-corrected chi connectivity index (χ0v) is 16.6. The molecule has 6 heteroatoms. The Balaban J connectivity index is 1.48. The van der Waals surface area contributed by atoms with Crippen molar-refractivity contribution in [2.75, 3.05) is 46.4 Å². The highest BCUT2D eigenvalue weighted by atomic mass is 16.5. The maximum absolute atomic E-state index is 12.6. The first kappa shape index (κ1) is 19.7. The number of ether oxygens (including phenoxy) is 1. The molecule has 1 fully saturated rings. The summed E-state index contributed by atoms with van der Waals surface area (Å²) in [5.74, 6) is 1.63. The number of likely N-dealkylation sites (N-methyl/N-ethyl adjacent to an activating group) is 1. The van der Waals surface area contributed by atoms with Crippen LogP contribution in [0.4, 0.5) is 0 Å². The van der Waals surface area contributed by atoms with Crippen molar-refractivity contribution in [2.24, 2.45) is 10.9 Å². The lowest BCUT2D eigenvalue weighted by Gasteiger charge is -2.28. The minimum absolute atomic E-state index is 0.0817. The van der Waals surface area contributed by atoms with Crippen molar-refractivity contribution in [2.45, 2.75) is 32.7 Å². The van der Waals surface area contributed by atoms with Gasteiger partial charge in [-0.3, -0.25) is 4.79 Å². The van der Waals surface area contributed by atoms with E-state index in [0.717, 1.165) is 44.5 Å². The minimum Gasteiger partial charge on any atom is -0.379 e. The van der Waals surface area contributed by atoms with Gasteiger partial charge in [-0.25, -0.2) is 4.99 Å². The van der Waals surface area contributed by atoms with E-state index in [2.05, 4.69) is 28.5 Å². The third-order valence-corrected chi connectivity index (χ3v) is 5.17. The van der Waals surface area contributed by atoms with Gasteiger partial charge in [0.2, 0.25) is 5.91 Å². The summed E-state index contributed by atoms with van der Waals surface area (Å²) in [5.41, 5.74) is 2.60. The van der Waals surface area contributed by atoms with E-state index in [0.29, 0.717) is 13.2 Å². The summed E-state index contributed by atoms with van der Waals surface area (Å²) < 4.78 is 5.71. The SMILES string of the molecule is CCNC(=NCC(=O)N1CCc2ccccc2C1)N(C)CCOCC1CC1. The first-order chi connectivity index (χ1) is 13.2. The molecule has 0 bridgehead atoms. The molecule has 0 saturated heterocycles. The van der Waals surface area contributed by atoms with Gasteiger partial charge in [-0.05, 0) is 43.2 Å². The Kier molecular flexibility index (Phi) is 7.10. The molecule has 2 aliphatic rings. The van der Waals surface area contributed by atoms with Crippen LogP contribution in [0.5, 0.6) is 0 Å². The van der Waals surface area contributed by atoms with E-state index in [4.69, 9.17) is 4.74 Å². The van der Waals surface area contributed by atoms with Crippen molar-refractivity contribution in [3.05, 3.63) is 35.4 Å². The average Bonchev–Trinajstić information content (AvgIpc) is 3.52. The monoisotopic (exact) mass is 372 g/mol. The molecule has 1 aliphatic carbocycles. The number of carbonyl (C=O) groups excluding carboxylic acids is 1. The Bertz CT molecular complexity index is 657. The van der Waals surface area contributed by atoms with Crippen LogP contribution >= 0.6 is 0 Å². The van der Waals surface area contributed by atoms with Crippen LogP contribution in [0.25, 0.3) is 0 Å². The van der Waals surface area contributed by atoms with Gasteiger partial charge in [0.25, 0.3) is 0 Å². The number of fused-ring (bicyclic) bond motifs is 1. The molecular weight excluding hydrogens is 340 g/mol. The molecule has 1 aromatic carbocycles. The number of nitrogens with one attached hydrogen (secondary N) is 1. The van der Waals surface area contributed by atoms with Crippen LogP contribution in [-0.4, -0.2) is 68.1 Å². The molecule has 27 heavy (non-hydrogen) atoms. The van der Waals surface area contributed by atoms with Crippen LogP contribution in [0.1, 0.15) is 30.9 Å². The largest absolute Gasteiger partial charge is 0.379 e. The van der Waals surface area contributed by atoms with E-state index in [9.17, 15) is 4.79 Å². The van der Waals surface area contributed by atoms with E-state index in [1.807, 2.05) is 29.8 Å². The summed E-state index contributed by atoms with van der Waals surface area (Å²) in [6.45, 7) is 6.78. The summed E-state index contributed by atoms with van der Waals surface area (Å²) in [4.78, 5) is 21.1. The molecule has 1 saturated carbocycles. The molecule has 0 atom stereocenters. The number of rotatable bonds is 8. The Hall–Kier alpha value is -2.08. The van der Waals surface area contributed by atoms with Gasteiger partial charge in [-0.1, -0.05) is 24.3 Å². The molecule has 0 spiro atoms. The Morgan fingerprint density at radius 1 is 1.33 bits per heavy atom. The van der Waals surface area contributed by atoms with Gasteiger partial charge in [-0.2, -0.15) is 0 Å². The third kappa shape index (κ3) is 5.96. The summed E-state index contributed by atoms with van der Waals surface area (Å²) in [6.07, 6.45) is 3.54. The highest BCUT2D eigenvalue weighted by Crippen LogP contribution is 2.28. The summed E-state index contributed by atoms with van der Waals surface area (Å²) in [5, 5.41) is 3.27. The molecule has 1 heterocycles. The molecule has 1 aromatic rings. The number of amides is 1.